The fourth-order valence-corrected chi connectivity index (χ4v) is 2.85. The van der Waals surface area contributed by atoms with Gasteiger partial charge < -0.3 is 29.2 Å². The van der Waals surface area contributed by atoms with E-state index in [-0.39, 0.29) is 19.1 Å². The van der Waals surface area contributed by atoms with Gasteiger partial charge in [0.25, 0.3) is 5.91 Å². The molecule has 0 spiro atoms. The average molecular weight is 382 g/mol. The summed E-state index contributed by atoms with van der Waals surface area (Å²) in [5.41, 5.74) is 1.87. The Balaban J connectivity index is 1.30. The molecule has 3 aromatic rings. The molecule has 0 bridgehead atoms. The summed E-state index contributed by atoms with van der Waals surface area (Å²) in [7, 11) is 1.57. The number of amides is 1. The molecule has 28 heavy (non-hydrogen) atoms. The van der Waals surface area contributed by atoms with E-state index in [1.165, 1.54) is 0 Å². The predicted octanol–water partition coefficient (Wildman–Crippen LogP) is 2.38. The lowest BCUT2D eigenvalue weighted by Gasteiger charge is -2.07. The average Bonchev–Trinajstić information content (AvgIpc) is 3.35. The van der Waals surface area contributed by atoms with E-state index in [4.69, 9.17) is 18.9 Å². The Hall–Kier alpha value is -3.68. The van der Waals surface area contributed by atoms with Gasteiger partial charge >= 0.3 is 5.97 Å². The first-order chi connectivity index (χ1) is 13.6. The second-order valence-corrected chi connectivity index (χ2v) is 6.18. The first-order valence-corrected chi connectivity index (χ1v) is 8.61. The summed E-state index contributed by atoms with van der Waals surface area (Å²) >= 11 is 0. The molecule has 0 saturated heterocycles. The topological polar surface area (TPSA) is 98.9 Å². The second-order valence-electron chi connectivity index (χ2n) is 6.18. The maximum atomic E-state index is 12.2. The third-order valence-electron chi connectivity index (χ3n) is 4.31. The third kappa shape index (κ3) is 3.71. The van der Waals surface area contributed by atoms with E-state index >= 15 is 0 Å². The van der Waals surface area contributed by atoms with Crippen molar-refractivity contribution in [3.05, 3.63) is 53.7 Å². The summed E-state index contributed by atoms with van der Waals surface area (Å²) in [4.78, 5) is 27.1. The number of esters is 1. The Morgan fingerprint density at radius 2 is 1.96 bits per heavy atom. The molecular weight excluding hydrogens is 364 g/mol. The van der Waals surface area contributed by atoms with Crippen LogP contribution in [-0.4, -0.2) is 37.4 Å². The highest BCUT2D eigenvalue weighted by Crippen LogP contribution is 2.32. The van der Waals surface area contributed by atoms with Gasteiger partial charge in [0.15, 0.2) is 18.1 Å². The number of ether oxygens (including phenoxy) is 4. The van der Waals surface area contributed by atoms with Crippen molar-refractivity contribution in [3.63, 3.8) is 0 Å². The molecule has 2 N–H and O–H groups in total. The fraction of sp³-hybridized carbons (Fsp3) is 0.200. The zero-order valence-corrected chi connectivity index (χ0v) is 15.1. The number of carbonyl (C=O) groups excluding carboxylic acids is 2. The van der Waals surface area contributed by atoms with Crippen LogP contribution in [0.5, 0.6) is 17.2 Å². The largest absolute Gasteiger partial charge is 0.497 e. The smallest absolute Gasteiger partial charge is 0.355 e. The Kier molecular flexibility index (Phi) is 4.76. The molecule has 0 aliphatic carbocycles. The SMILES string of the molecule is COc1ccc2cc(C(=O)OCC(=O)NCc3ccc4c(c3)OCO4)[nH]c2c1. The lowest BCUT2D eigenvalue weighted by Crippen LogP contribution is -2.28. The van der Waals surface area contributed by atoms with Gasteiger partial charge in [-0.15, -0.1) is 0 Å². The summed E-state index contributed by atoms with van der Waals surface area (Å²) in [6.45, 7) is 0.114. The first kappa shape index (κ1) is 17.7. The molecule has 2 heterocycles. The van der Waals surface area contributed by atoms with Crippen LogP contribution in [0.3, 0.4) is 0 Å². The van der Waals surface area contributed by atoms with Gasteiger partial charge in [-0.3, -0.25) is 4.79 Å². The predicted molar refractivity (Wildman–Crippen MR) is 99.5 cm³/mol. The summed E-state index contributed by atoms with van der Waals surface area (Å²) in [5.74, 6) is 1.00. The van der Waals surface area contributed by atoms with Crippen molar-refractivity contribution in [2.24, 2.45) is 0 Å². The minimum atomic E-state index is -0.603. The zero-order valence-electron chi connectivity index (χ0n) is 15.1. The summed E-state index contributed by atoms with van der Waals surface area (Å²) in [6.07, 6.45) is 0. The minimum Gasteiger partial charge on any atom is -0.497 e. The number of H-pyrrole nitrogens is 1. The van der Waals surface area contributed by atoms with Gasteiger partial charge in [-0.1, -0.05) is 6.07 Å². The summed E-state index contributed by atoms with van der Waals surface area (Å²) in [6, 6.07) is 12.5. The van der Waals surface area contributed by atoms with Crippen molar-refractivity contribution in [2.75, 3.05) is 20.5 Å². The van der Waals surface area contributed by atoms with Crippen molar-refractivity contribution in [2.45, 2.75) is 6.54 Å². The number of methoxy groups -OCH3 is 1. The Labute approximate surface area is 160 Å². The standard InChI is InChI=1S/C20H18N2O6/c1-25-14-4-3-13-7-16(22-15(13)8-14)20(24)26-10-19(23)21-9-12-2-5-17-18(6-12)28-11-27-17/h2-8,22H,9-11H2,1H3,(H,21,23). The van der Waals surface area contributed by atoms with E-state index in [0.717, 1.165) is 16.5 Å². The maximum absolute atomic E-state index is 12.2. The molecule has 0 atom stereocenters. The number of hydrogen-bond acceptors (Lipinski definition) is 6. The van der Waals surface area contributed by atoms with E-state index in [2.05, 4.69) is 10.3 Å². The summed E-state index contributed by atoms with van der Waals surface area (Å²) in [5, 5.41) is 3.55. The minimum absolute atomic E-state index is 0.196. The van der Waals surface area contributed by atoms with Gasteiger partial charge in [-0.2, -0.15) is 0 Å². The molecule has 144 valence electrons. The fourth-order valence-electron chi connectivity index (χ4n) is 2.85. The molecule has 1 aliphatic heterocycles. The number of nitrogens with one attached hydrogen (secondary N) is 2. The number of fused-ring (bicyclic) bond motifs is 2. The Morgan fingerprint density at radius 1 is 1.11 bits per heavy atom. The number of carbonyl (C=O) groups is 2. The van der Waals surface area contributed by atoms with Gasteiger partial charge in [-0.05, 0) is 35.9 Å². The van der Waals surface area contributed by atoms with Gasteiger partial charge in [-0.25, -0.2) is 4.79 Å². The number of hydrogen-bond donors (Lipinski definition) is 2. The highest BCUT2D eigenvalue weighted by atomic mass is 16.7. The van der Waals surface area contributed by atoms with Crippen LogP contribution in [0, 0.1) is 0 Å². The first-order valence-electron chi connectivity index (χ1n) is 8.61. The monoisotopic (exact) mass is 382 g/mol. The van der Waals surface area contributed by atoms with E-state index in [1.807, 2.05) is 12.1 Å². The lowest BCUT2D eigenvalue weighted by atomic mass is 10.2. The molecule has 0 fully saturated rings. The summed E-state index contributed by atoms with van der Waals surface area (Å²) < 4.78 is 20.8. The number of rotatable bonds is 6. The van der Waals surface area contributed by atoms with E-state index in [1.54, 1.807) is 37.4 Å². The van der Waals surface area contributed by atoms with E-state index in [9.17, 15) is 9.59 Å². The van der Waals surface area contributed by atoms with E-state index < -0.39 is 11.9 Å². The van der Waals surface area contributed by atoms with Gasteiger partial charge in [0.2, 0.25) is 6.79 Å². The van der Waals surface area contributed by atoms with Crippen molar-refractivity contribution < 1.29 is 28.5 Å². The quantitative estimate of drug-likeness (QED) is 0.635. The molecule has 8 heteroatoms. The molecule has 1 amide bonds. The van der Waals surface area contributed by atoms with Crippen molar-refractivity contribution in [1.82, 2.24) is 10.3 Å². The molecule has 2 aromatic carbocycles. The normalized spacial score (nSPS) is 12.0. The third-order valence-corrected chi connectivity index (χ3v) is 4.31. The number of aromatic nitrogens is 1. The van der Waals surface area contributed by atoms with Crippen molar-refractivity contribution in [1.29, 1.82) is 0 Å². The van der Waals surface area contributed by atoms with Gasteiger partial charge in [0.1, 0.15) is 11.4 Å². The molecule has 0 saturated carbocycles. The van der Waals surface area contributed by atoms with Crippen LogP contribution in [0.25, 0.3) is 10.9 Å². The van der Waals surface area contributed by atoms with Crippen LogP contribution in [0.4, 0.5) is 0 Å². The van der Waals surface area contributed by atoms with Crippen LogP contribution in [0.15, 0.2) is 42.5 Å². The van der Waals surface area contributed by atoms with Crippen molar-refractivity contribution >= 4 is 22.8 Å². The Bertz CT molecular complexity index is 1040. The molecule has 4 rings (SSSR count). The van der Waals surface area contributed by atoms with Crippen LogP contribution in [-0.2, 0) is 16.1 Å². The van der Waals surface area contributed by atoms with Crippen LogP contribution in [0.1, 0.15) is 16.1 Å². The molecule has 0 unspecified atom stereocenters. The van der Waals surface area contributed by atoms with Gasteiger partial charge in [0, 0.05) is 23.5 Å². The van der Waals surface area contributed by atoms with Crippen LogP contribution < -0.4 is 19.5 Å². The molecule has 8 nitrogen and oxygen atoms in total. The molecule has 1 aromatic heterocycles. The molecule has 0 radical (unpaired) electrons. The number of aromatic amines is 1. The van der Waals surface area contributed by atoms with Gasteiger partial charge in [0.05, 0.1) is 7.11 Å². The highest BCUT2D eigenvalue weighted by Gasteiger charge is 2.15. The van der Waals surface area contributed by atoms with E-state index in [0.29, 0.717) is 23.8 Å². The van der Waals surface area contributed by atoms with Crippen LogP contribution >= 0.6 is 0 Å². The van der Waals surface area contributed by atoms with Crippen LogP contribution in [0.2, 0.25) is 0 Å². The second kappa shape index (κ2) is 7.51. The Morgan fingerprint density at radius 3 is 2.82 bits per heavy atom. The molecule has 1 aliphatic rings. The molecular formula is C20H18N2O6. The number of benzene rings is 2. The maximum Gasteiger partial charge on any atom is 0.355 e. The zero-order chi connectivity index (χ0) is 19.5. The highest BCUT2D eigenvalue weighted by molar-refractivity contribution is 5.96. The van der Waals surface area contributed by atoms with Crippen molar-refractivity contribution in [3.8, 4) is 17.2 Å². The lowest BCUT2D eigenvalue weighted by molar-refractivity contribution is -0.124.